The van der Waals surface area contributed by atoms with Crippen molar-refractivity contribution in [2.24, 2.45) is 0 Å². The van der Waals surface area contributed by atoms with Crippen LogP contribution < -0.4 is 0 Å². The summed E-state index contributed by atoms with van der Waals surface area (Å²) in [5, 5.41) is 39.6. The quantitative estimate of drug-likeness (QED) is 0.527. The van der Waals surface area contributed by atoms with Gasteiger partial charge >= 0.3 is 0 Å². The highest BCUT2D eigenvalue weighted by molar-refractivity contribution is 6.30. The molecule has 0 spiro atoms. The average molecular weight is 316 g/mol. The fourth-order valence-electron chi connectivity index (χ4n) is 2.66. The second-order valence-corrected chi connectivity index (χ2v) is 5.09. The lowest BCUT2D eigenvalue weighted by Crippen LogP contribution is -2.21. The van der Waals surface area contributed by atoms with E-state index in [2.05, 4.69) is 0 Å². The Morgan fingerprint density at radius 3 is 2.13 bits per heavy atom. The van der Waals surface area contributed by atoms with Gasteiger partial charge in [0, 0.05) is 18.2 Å². The summed E-state index contributed by atoms with van der Waals surface area (Å²) >= 11 is 0. The van der Waals surface area contributed by atoms with Gasteiger partial charge in [0.2, 0.25) is 0 Å². The van der Waals surface area contributed by atoms with Gasteiger partial charge in [-0.25, -0.2) is 0 Å². The number of carbonyl (C=O) groups excluding carboxylic acids is 2. The number of carbonyl (C=O) groups is 2. The third-order valence-corrected chi connectivity index (χ3v) is 3.77. The Bertz CT molecular complexity index is 867. The fourth-order valence-corrected chi connectivity index (χ4v) is 2.66. The Morgan fingerprint density at radius 2 is 1.48 bits per heavy atom. The van der Waals surface area contributed by atoms with Crippen LogP contribution in [0.3, 0.4) is 0 Å². The van der Waals surface area contributed by atoms with Crippen LogP contribution in [0.25, 0.3) is 0 Å². The maximum Gasteiger partial charge on any atom is 0.198 e. The van der Waals surface area contributed by atoms with Crippen molar-refractivity contribution in [1.82, 2.24) is 0 Å². The first-order valence-electron chi connectivity index (χ1n) is 6.59. The Hall–Kier alpha value is -3.06. The minimum atomic E-state index is -0.780. The van der Waals surface area contributed by atoms with Crippen LogP contribution in [-0.4, -0.2) is 39.1 Å². The maximum atomic E-state index is 12.6. The summed E-state index contributed by atoms with van der Waals surface area (Å²) in [6.45, 7) is -0.153. The van der Waals surface area contributed by atoms with Gasteiger partial charge in [-0.1, -0.05) is 0 Å². The molecule has 0 aliphatic heterocycles. The first-order valence-corrected chi connectivity index (χ1v) is 6.59. The highest BCUT2D eigenvalue weighted by Gasteiger charge is 2.36. The van der Waals surface area contributed by atoms with Gasteiger partial charge in [0.15, 0.2) is 23.1 Å². The molecule has 2 aromatic rings. The van der Waals surface area contributed by atoms with E-state index in [9.17, 15) is 30.0 Å². The van der Waals surface area contributed by atoms with Crippen LogP contribution in [0.2, 0.25) is 0 Å². The van der Waals surface area contributed by atoms with E-state index in [1.807, 2.05) is 0 Å². The summed E-state index contributed by atoms with van der Waals surface area (Å²) in [7, 11) is 1.35. The van der Waals surface area contributed by atoms with Gasteiger partial charge in [-0.05, 0) is 18.2 Å². The zero-order chi connectivity index (χ0) is 16.9. The first-order chi connectivity index (χ1) is 10.9. The molecule has 0 radical (unpaired) electrons. The molecule has 0 atom stereocenters. The Balaban J connectivity index is 2.34. The number of rotatable bonds is 2. The van der Waals surface area contributed by atoms with Gasteiger partial charge in [0.25, 0.3) is 0 Å². The van der Waals surface area contributed by atoms with Crippen LogP contribution in [0.4, 0.5) is 0 Å². The number of ether oxygens (including phenoxy) is 1. The standard InChI is InChI=1S/C16H12O7/c1-23-5-8-10(18)4-7-12(15(8)21)13(19)6-2-3-9(17)16(22)11(6)14(7)20/h2-4,17-18,21-22H,5H2,1H3. The van der Waals surface area contributed by atoms with Gasteiger partial charge in [0.05, 0.1) is 23.3 Å². The van der Waals surface area contributed by atoms with Crippen molar-refractivity contribution >= 4 is 11.6 Å². The third kappa shape index (κ3) is 1.94. The second-order valence-electron chi connectivity index (χ2n) is 5.09. The SMILES string of the molecule is COCc1c(O)cc2c(c1O)C(=O)c1ccc(O)c(O)c1C2=O. The molecule has 4 N–H and O–H groups in total. The molecule has 1 aliphatic rings. The first kappa shape index (κ1) is 14.9. The van der Waals surface area contributed by atoms with Crippen LogP contribution in [0.5, 0.6) is 23.0 Å². The molecule has 1 aliphatic carbocycles. The minimum Gasteiger partial charge on any atom is -0.507 e. The van der Waals surface area contributed by atoms with E-state index in [-0.39, 0.29) is 34.4 Å². The number of hydrogen-bond donors (Lipinski definition) is 4. The van der Waals surface area contributed by atoms with Crippen molar-refractivity contribution in [2.45, 2.75) is 6.61 Å². The smallest absolute Gasteiger partial charge is 0.198 e. The van der Waals surface area contributed by atoms with E-state index in [4.69, 9.17) is 4.74 Å². The van der Waals surface area contributed by atoms with E-state index >= 15 is 0 Å². The zero-order valence-corrected chi connectivity index (χ0v) is 12.0. The van der Waals surface area contributed by atoms with Crippen molar-refractivity contribution < 1.29 is 34.8 Å². The molecule has 0 fully saturated rings. The predicted molar refractivity (Wildman–Crippen MR) is 77.1 cm³/mol. The summed E-state index contributed by atoms with van der Waals surface area (Å²) < 4.78 is 4.86. The van der Waals surface area contributed by atoms with E-state index in [1.54, 1.807) is 0 Å². The molecule has 118 valence electrons. The van der Waals surface area contributed by atoms with Crippen molar-refractivity contribution in [3.05, 3.63) is 46.0 Å². The van der Waals surface area contributed by atoms with Crippen molar-refractivity contribution in [3.8, 4) is 23.0 Å². The highest BCUT2D eigenvalue weighted by atomic mass is 16.5. The summed E-state index contributed by atoms with van der Waals surface area (Å²) in [5.74, 6) is -3.69. The monoisotopic (exact) mass is 316 g/mol. The number of methoxy groups -OCH3 is 1. The molecule has 3 rings (SSSR count). The van der Waals surface area contributed by atoms with Crippen LogP contribution >= 0.6 is 0 Å². The number of phenols is 4. The minimum absolute atomic E-state index is 0.0150. The number of benzene rings is 2. The van der Waals surface area contributed by atoms with Gasteiger partial charge in [-0.3, -0.25) is 9.59 Å². The summed E-state index contributed by atoms with van der Waals surface area (Å²) in [6, 6.07) is 3.31. The lowest BCUT2D eigenvalue weighted by Gasteiger charge is -2.21. The number of hydrogen-bond acceptors (Lipinski definition) is 7. The number of fused-ring (bicyclic) bond motifs is 2. The zero-order valence-electron chi connectivity index (χ0n) is 12.0. The summed E-state index contributed by atoms with van der Waals surface area (Å²) in [5.41, 5.74) is -1.03. The summed E-state index contributed by atoms with van der Waals surface area (Å²) in [6.07, 6.45) is 0. The molecule has 0 saturated carbocycles. The number of phenolic OH excluding ortho intramolecular Hbond substituents is 4. The molecule has 0 saturated heterocycles. The lowest BCUT2D eigenvalue weighted by atomic mass is 9.82. The average Bonchev–Trinajstić information content (AvgIpc) is 2.51. The Kier molecular flexibility index (Phi) is 3.23. The third-order valence-electron chi connectivity index (χ3n) is 3.77. The van der Waals surface area contributed by atoms with E-state index < -0.39 is 34.6 Å². The lowest BCUT2D eigenvalue weighted by molar-refractivity contribution is 0.0972. The van der Waals surface area contributed by atoms with Crippen LogP contribution in [0.1, 0.15) is 37.4 Å². The molecular formula is C16H12O7. The van der Waals surface area contributed by atoms with Gasteiger partial charge in [-0.15, -0.1) is 0 Å². The van der Waals surface area contributed by atoms with E-state index in [0.29, 0.717) is 0 Å². The second kappa shape index (κ2) is 4.99. The molecule has 0 amide bonds. The molecule has 0 unspecified atom stereocenters. The predicted octanol–water partition coefficient (Wildman–Crippen LogP) is 1.43. The normalized spacial score (nSPS) is 12.9. The highest BCUT2D eigenvalue weighted by Crippen LogP contribution is 2.43. The molecule has 0 heterocycles. The number of ketones is 2. The molecule has 2 aromatic carbocycles. The topological polar surface area (TPSA) is 124 Å². The molecule has 0 aromatic heterocycles. The van der Waals surface area contributed by atoms with Crippen LogP contribution in [0.15, 0.2) is 18.2 Å². The van der Waals surface area contributed by atoms with Crippen molar-refractivity contribution in [1.29, 1.82) is 0 Å². The maximum absolute atomic E-state index is 12.6. The van der Waals surface area contributed by atoms with Crippen molar-refractivity contribution in [3.63, 3.8) is 0 Å². The van der Waals surface area contributed by atoms with E-state index in [0.717, 1.165) is 12.1 Å². The van der Waals surface area contributed by atoms with Crippen molar-refractivity contribution in [2.75, 3.05) is 7.11 Å². The molecule has 7 heteroatoms. The Morgan fingerprint density at radius 1 is 0.870 bits per heavy atom. The molecule has 0 bridgehead atoms. The van der Waals surface area contributed by atoms with Crippen LogP contribution in [0, 0.1) is 0 Å². The molecule has 7 nitrogen and oxygen atoms in total. The molecule has 23 heavy (non-hydrogen) atoms. The number of aromatic hydroxyl groups is 4. The fraction of sp³-hybridized carbons (Fsp3) is 0.125. The summed E-state index contributed by atoms with van der Waals surface area (Å²) in [4.78, 5) is 25.1. The van der Waals surface area contributed by atoms with Crippen LogP contribution in [-0.2, 0) is 11.3 Å². The molecular weight excluding hydrogens is 304 g/mol. The van der Waals surface area contributed by atoms with Gasteiger partial charge in [0.1, 0.15) is 11.5 Å². The van der Waals surface area contributed by atoms with E-state index in [1.165, 1.54) is 13.2 Å². The Labute approximate surface area is 130 Å². The van der Waals surface area contributed by atoms with Gasteiger partial charge < -0.3 is 25.2 Å². The largest absolute Gasteiger partial charge is 0.507 e. The van der Waals surface area contributed by atoms with Gasteiger partial charge in [-0.2, -0.15) is 0 Å².